The van der Waals surface area contributed by atoms with Crippen molar-refractivity contribution in [2.45, 2.75) is 70.1 Å². The summed E-state index contributed by atoms with van der Waals surface area (Å²) in [6, 6.07) is 9.18. The lowest BCUT2D eigenvalue weighted by Crippen LogP contribution is -2.22. The Labute approximate surface area is 164 Å². The summed E-state index contributed by atoms with van der Waals surface area (Å²) in [7, 11) is 0. The highest BCUT2D eigenvalue weighted by Crippen LogP contribution is 2.44. The second kappa shape index (κ2) is 9.88. The first-order valence-electron chi connectivity index (χ1n) is 10.7. The van der Waals surface area contributed by atoms with Crippen LogP contribution in [0.5, 0.6) is 0 Å². The normalized spacial score (nSPS) is 28.7. The Bertz CT molecular complexity index is 665. The molecule has 1 nitrogen and oxygen atoms in total. The quantitative estimate of drug-likeness (QED) is 0.382. The summed E-state index contributed by atoms with van der Waals surface area (Å²) in [6.45, 7) is 4.53. The largest absolute Gasteiger partial charge is 0.207 e. The van der Waals surface area contributed by atoms with E-state index in [4.69, 9.17) is 5.26 Å². The van der Waals surface area contributed by atoms with E-state index in [1.807, 2.05) is 18.2 Å². The van der Waals surface area contributed by atoms with Crippen LogP contribution >= 0.6 is 0 Å². The third-order valence-corrected chi connectivity index (χ3v) is 6.90. The molecule has 2 aliphatic rings. The van der Waals surface area contributed by atoms with E-state index >= 15 is 0 Å². The number of benzene rings is 1. The van der Waals surface area contributed by atoms with Crippen molar-refractivity contribution in [3.8, 4) is 6.07 Å². The summed E-state index contributed by atoms with van der Waals surface area (Å²) in [5.74, 6) is 2.67. The Hall–Kier alpha value is -1.88. The van der Waals surface area contributed by atoms with Crippen LogP contribution in [0.4, 0.5) is 4.39 Å². The molecule has 0 aromatic heterocycles. The maximum atomic E-state index is 13.1. The van der Waals surface area contributed by atoms with Gasteiger partial charge in [-0.1, -0.05) is 30.4 Å². The van der Waals surface area contributed by atoms with Crippen molar-refractivity contribution in [1.29, 1.82) is 5.26 Å². The lowest BCUT2D eigenvalue weighted by molar-refractivity contribution is 0.260. The number of nitrogens with zero attached hydrogens (tertiary/aromatic N) is 1. The fourth-order valence-electron chi connectivity index (χ4n) is 5.16. The van der Waals surface area contributed by atoms with Crippen molar-refractivity contribution in [3.63, 3.8) is 0 Å². The Kier molecular flexibility index (Phi) is 7.27. The lowest BCUT2D eigenvalue weighted by atomic mass is 9.69. The van der Waals surface area contributed by atoms with Crippen LogP contribution in [0, 0.1) is 34.9 Å². The van der Waals surface area contributed by atoms with Crippen molar-refractivity contribution >= 4 is 0 Å². The fourth-order valence-corrected chi connectivity index (χ4v) is 5.16. The van der Waals surface area contributed by atoms with Gasteiger partial charge in [-0.15, -0.1) is 0 Å². The molecule has 0 heterocycles. The van der Waals surface area contributed by atoms with Crippen LogP contribution in [0.15, 0.2) is 48.6 Å². The molecule has 0 radical (unpaired) electrons. The maximum absolute atomic E-state index is 13.1. The third kappa shape index (κ3) is 5.55. The minimum absolute atomic E-state index is 0.141. The van der Waals surface area contributed by atoms with Crippen LogP contribution in [-0.2, 0) is 0 Å². The number of hydrogen-bond donors (Lipinski definition) is 0. The number of rotatable bonds is 6. The molecule has 0 aliphatic heterocycles. The van der Waals surface area contributed by atoms with Gasteiger partial charge in [-0.05, 0) is 106 Å². The van der Waals surface area contributed by atoms with Crippen molar-refractivity contribution in [2.75, 3.05) is 0 Å². The summed E-state index contributed by atoms with van der Waals surface area (Å²) < 4.78 is 13.1. The Morgan fingerprint density at radius 2 is 1.59 bits per heavy atom. The van der Waals surface area contributed by atoms with E-state index in [1.54, 1.807) is 18.2 Å². The number of halogens is 1. The van der Waals surface area contributed by atoms with E-state index in [2.05, 4.69) is 12.6 Å². The Balaban J connectivity index is 1.41. The van der Waals surface area contributed by atoms with E-state index in [0.29, 0.717) is 17.8 Å². The zero-order valence-electron chi connectivity index (χ0n) is 16.4. The molecule has 144 valence electrons. The molecule has 0 unspecified atom stereocenters. The van der Waals surface area contributed by atoms with Gasteiger partial charge in [0.2, 0.25) is 0 Å². The van der Waals surface area contributed by atoms with Crippen molar-refractivity contribution in [1.82, 2.24) is 0 Å². The third-order valence-electron chi connectivity index (χ3n) is 6.90. The molecule has 0 amide bonds. The van der Waals surface area contributed by atoms with Gasteiger partial charge in [0.1, 0.15) is 5.82 Å². The standard InChI is InChI=1S/C25H32FN/c1-19(21-8-6-20(7-9-21)5-3-2-4-18-27)22-10-12-23(13-11-22)24-14-16-25(26)17-15-24/h2,4,14-17,20-23H,1,3,5-13H2. The molecule has 2 saturated carbocycles. The van der Waals surface area contributed by atoms with Gasteiger partial charge >= 0.3 is 0 Å². The van der Waals surface area contributed by atoms with E-state index in [0.717, 1.165) is 12.3 Å². The molecule has 2 fully saturated rings. The molecule has 2 aliphatic carbocycles. The minimum Gasteiger partial charge on any atom is -0.207 e. The van der Waals surface area contributed by atoms with Crippen LogP contribution in [0.1, 0.15) is 75.7 Å². The molecular weight excluding hydrogens is 333 g/mol. The van der Waals surface area contributed by atoms with Crippen LogP contribution < -0.4 is 0 Å². The molecule has 0 bridgehead atoms. The van der Waals surface area contributed by atoms with Gasteiger partial charge in [0.15, 0.2) is 0 Å². The summed E-state index contributed by atoms with van der Waals surface area (Å²) in [6.07, 6.45) is 16.0. The average Bonchev–Trinajstić information content (AvgIpc) is 2.72. The molecule has 0 spiro atoms. The van der Waals surface area contributed by atoms with Gasteiger partial charge in [0, 0.05) is 6.08 Å². The molecule has 1 aromatic rings. The highest BCUT2D eigenvalue weighted by atomic mass is 19.1. The van der Waals surface area contributed by atoms with E-state index < -0.39 is 0 Å². The molecule has 2 heteroatoms. The van der Waals surface area contributed by atoms with E-state index in [9.17, 15) is 4.39 Å². The van der Waals surface area contributed by atoms with Crippen molar-refractivity contribution in [2.24, 2.45) is 17.8 Å². The van der Waals surface area contributed by atoms with Crippen LogP contribution in [0.3, 0.4) is 0 Å². The van der Waals surface area contributed by atoms with Gasteiger partial charge < -0.3 is 0 Å². The average molecular weight is 366 g/mol. The van der Waals surface area contributed by atoms with Gasteiger partial charge in [-0.25, -0.2) is 4.39 Å². The first-order valence-corrected chi connectivity index (χ1v) is 10.7. The van der Waals surface area contributed by atoms with Crippen LogP contribution in [0.2, 0.25) is 0 Å². The van der Waals surface area contributed by atoms with Crippen LogP contribution in [-0.4, -0.2) is 0 Å². The van der Waals surface area contributed by atoms with Gasteiger partial charge in [0.25, 0.3) is 0 Å². The molecule has 3 rings (SSSR count). The number of nitriles is 1. The summed E-state index contributed by atoms with van der Waals surface area (Å²) >= 11 is 0. The highest BCUT2D eigenvalue weighted by Gasteiger charge is 2.29. The highest BCUT2D eigenvalue weighted by molar-refractivity contribution is 5.22. The topological polar surface area (TPSA) is 23.8 Å². The first kappa shape index (κ1) is 19.9. The predicted octanol–water partition coefficient (Wildman–Crippen LogP) is 7.32. The summed E-state index contributed by atoms with van der Waals surface area (Å²) in [4.78, 5) is 0. The Morgan fingerprint density at radius 3 is 2.19 bits per heavy atom. The Morgan fingerprint density at radius 1 is 1.00 bits per heavy atom. The van der Waals surface area contributed by atoms with E-state index in [1.165, 1.54) is 68.9 Å². The molecular formula is C25H32FN. The smallest absolute Gasteiger partial charge is 0.123 e. The van der Waals surface area contributed by atoms with Gasteiger partial charge in [-0.3, -0.25) is 0 Å². The SMILES string of the molecule is C=C(C1CCC(CCC=CC#N)CC1)C1CCC(c2ccc(F)cc2)CC1. The maximum Gasteiger partial charge on any atom is 0.123 e. The van der Waals surface area contributed by atoms with Gasteiger partial charge in [0.05, 0.1) is 6.07 Å². The molecule has 1 aromatic carbocycles. The first-order chi connectivity index (χ1) is 13.2. The zero-order chi connectivity index (χ0) is 19.1. The second-order valence-electron chi connectivity index (χ2n) is 8.50. The fraction of sp³-hybridized carbons (Fsp3) is 0.560. The van der Waals surface area contributed by atoms with Gasteiger partial charge in [-0.2, -0.15) is 5.26 Å². The number of hydrogen-bond acceptors (Lipinski definition) is 1. The zero-order valence-corrected chi connectivity index (χ0v) is 16.4. The van der Waals surface area contributed by atoms with Crippen molar-refractivity contribution in [3.05, 3.63) is 60.0 Å². The molecule has 0 atom stereocenters. The van der Waals surface area contributed by atoms with Crippen LogP contribution in [0.25, 0.3) is 0 Å². The number of allylic oxidation sites excluding steroid dienone is 3. The van der Waals surface area contributed by atoms with E-state index in [-0.39, 0.29) is 5.82 Å². The predicted molar refractivity (Wildman–Crippen MR) is 110 cm³/mol. The molecule has 27 heavy (non-hydrogen) atoms. The summed E-state index contributed by atoms with van der Waals surface area (Å²) in [5.41, 5.74) is 2.81. The second-order valence-corrected chi connectivity index (χ2v) is 8.50. The van der Waals surface area contributed by atoms with Crippen molar-refractivity contribution < 1.29 is 4.39 Å². The lowest BCUT2D eigenvalue weighted by Gasteiger charge is -2.36. The molecule has 0 N–H and O–H groups in total. The minimum atomic E-state index is -0.141. The summed E-state index contributed by atoms with van der Waals surface area (Å²) in [5, 5.41) is 8.55. The monoisotopic (exact) mass is 365 g/mol. The molecule has 0 saturated heterocycles.